The number of hydrogen-bond donors (Lipinski definition) is 1. The van der Waals surface area contributed by atoms with Crippen LogP contribution in [0.3, 0.4) is 0 Å². The molecule has 0 unspecified atom stereocenters. The molecular weight excluding hydrogens is 312 g/mol. The molecule has 2 heterocycles. The Hall–Kier alpha value is -2.02. The lowest BCUT2D eigenvalue weighted by molar-refractivity contribution is 0.0943. The maximum absolute atomic E-state index is 12.1. The van der Waals surface area contributed by atoms with Crippen LogP contribution in [-0.2, 0) is 13.6 Å². The van der Waals surface area contributed by atoms with E-state index in [4.69, 9.17) is 0 Å². The molecule has 0 aromatic carbocycles. The molecule has 6 nitrogen and oxygen atoms in total. The van der Waals surface area contributed by atoms with Gasteiger partial charge in [-0.15, -0.1) is 11.3 Å². The summed E-state index contributed by atoms with van der Waals surface area (Å²) in [5, 5.41) is 9.77. The zero-order valence-corrected chi connectivity index (χ0v) is 13.9. The standard InChI is InChI=1S/C16H20N4O2S/c1-20-15(21)8-7-12(19-20)16(22)17-9-14-18-13(10-23-14)11-5-3-2-4-6-11/h7-8,10-11H,2-6,9H2,1H3,(H,17,22). The minimum atomic E-state index is -0.296. The highest BCUT2D eigenvalue weighted by atomic mass is 32.1. The molecule has 0 bridgehead atoms. The molecule has 1 aliphatic carbocycles. The van der Waals surface area contributed by atoms with Gasteiger partial charge in [-0.25, -0.2) is 9.67 Å². The van der Waals surface area contributed by atoms with Crippen molar-refractivity contribution in [2.24, 2.45) is 7.05 Å². The first-order valence-electron chi connectivity index (χ1n) is 7.90. The number of nitrogens with zero attached hydrogens (tertiary/aromatic N) is 3. The fraction of sp³-hybridized carbons (Fsp3) is 0.500. The van der Waals surface area contributed by atoms with E-state index in [1.807, 2.05) is 0 Å². The van der Waals surface area contributed by atoms with Crippen LogP contribution in [0.15, 0.2) is 22.3 Å². The van der Waals surface area contributed by atoms with Gasteiger partial charge in [0.15, 0.2) is 0 Å². The van der Waals surface area contributed by atoms with E-state index >= 15 is 0 Å². The smallest absolute Gasteiger partial charge is 0.272 e. The van der Waals surface area contributed by atoms with Gasteiger partial charge in [0, 0.05) is 24.4 Å². The molecule has 0 radical (unpaired) electrons. The molecule has 1 aliphatic rings. The van der Waals surface area contributed by atoms with Crippen LogP contribution >= 0.6 is 11.3 Å². The molecular formula is C16H20N4O2S. The van der Waals surface area contributed by atoms with E-state index in [1.165, 1.54) is 57.0 Å². The molecule has 2 aromatic rings. The molecule has 0 spiro atoms. The molecule has 1 N–H and O–H groups in total. The second kappa shape index (κ2) is 7.04. The number of carbonyl (C=O) groups excluding carboxylic acids is 1. The maximum atomic E-state index is 12.1. The van der Waals surface area contributed by atoms with E-state index in [0.29, 0.717) is 12.5 Å². The Bertz CT molecular complexity index is 747. The highest BCUT2D eigenvalue weighted by Gasteiger charge is 2.18. The Balaban J connectivity index is 1.59. The Labute approximate surface area is 138 Å². The monoisotopic (exact) mass is 332 g/mol. The number of hydrogen-bond acceptors (Lipinski definition) is 5. The molecule has 0 atom stereocenters. The third-order valence-corrected chi connectivity index (χ3v) is 5.05. The van der Waals surface area contributed by atoms with E-state index in [2.05, 4.69) is 20.8 Å². The molecule has 23 heavy (non-hydrogen) atoms. The molecule has 0 saturated heterocycles. The van der Waals surface area contributed by atoms with Crippen LogP contribution in [0.2, 0.25) is 0 Å². The first kappa shape index (κ1) is 15.9. The summed E-state index contributed by atoms with van der Waals surface area (Å²) in [7, 11) is 1.52. The van der Waals surface area contributed by atoms with Crippen molar-refractivity contribution in [1.82, 2.24) is 20.1 Å². The quantitative estimate of drug-likeness (QED) is 0.931. The molecule has 1 fully saturated rings. The van der Waals surface area contributed by atoms with Crippen molar-refractivity contribution in [2.45, 2.75) is 44.6 Å². The first-order chi connectivity index (χ1) is 11.1. The van der Waals surface area contributed by atoms with Gasteiger partial charge in [-0.2, -0.15) is 5.10 Å². The van der Waals surface area contributed by atoms with Gasteiger partial charge in [0.25, 0.3) is 11.5 Å². The number of nitrogens with one attached hydrogen (secondary N) is 1. The van der Waals surface area contributed by atoms with Crippen molar-refractivity contribution in [1.29, 1.82) is 0 Å². The van der Waals surface area contributed by atoms with Crippen LogP contribution < -0.4 is 10.9 Å². The summed E-state index contributed by atoms with van der Waals surface area (Å²) in [5.41, 5.74) is 1.16. The molecule has 122 valence electrons. The Morgan fingerprint density at radius 2 is 2.13 bits per heavy atom. The summed E-state index contributed by atoms with van der Waals surface area (Å²) in [5.74, 6) is 0.282. The number of rotatable bonds is 4. The van der Waals surface area contributed by atoms with Crippen LogP contribution in [0.1, 0.15) is 59.2 Å². The van der Waals surface area contributed by atoms with E-state index in [-0.39, 0.29) is 17.2 Å². The molecule has 7 heteroatoms. The SMILES string of the molecule is Cn1nc(C(=O)NCc2nc(C3CCCCC3)cs2)ccc1=O. The largest absolute Gasteiger partial charge is 0.344 e. The lowest BCUT2D eigenvalue weighted by Gasteiger charge is -2.19. The summed E-state index contributed by atoms with van der Waals surface area (Å²) in [6, 6.07) is 2.78. The van der Waals surface area contributed by atoms with Gasteiger partial charge >= 0.3 is 0 Å². The summed E-state index contributed by atoms with van der Waals surface area (Å²) >= 11 is 1.58. The number of amides is 1. The summed E-state index contributed by atoms with van der Waals surface area (Å²) in [4.78, 5) is 28.0. The van der Waals surface area contributed by atoms with E-state index in [9.17, 15) is 9.59 Å². The molecule has 1 saturated carbocycles. The number of aryl methyl sites for hydroxylation is 1. The predicted molar refractivity (Wildman–Crippen MR) is 88.6 cm³/mol. The number of carbonyl (C=O) groups is 1. The van der Waals surface area contributed by atoms with Crippen molar-refractivity contribution < 1.29 is 4.79 Å². The lowest BCUT2D eigenvalue weighted by Crippen LogP contribution is -2.28. The first-order valence-corrected chi connectivity index (χ1v) is 8.78. The van der Waals surface area contributed by atoms with Gasteiger partial charge in [0.1, 0.15) is 10.7 Å². The predicted octanol–water partition coefficient (Wildman–Crippen LogP) is 2.21. The molecule has 2 aromatic heterocycles. The van der Waals surface area contributed by atoms with E-state index in [1.54, 1.807) is 11.3 Å². The lowest BCUT2D eigenvalue weighted by atomic mass is 9.87. The fourth-order valence-corrected chi connectivity index (χ4v) is 3.68. The van der Waals surface area contributed by atoms with Crippen LogP contribution in [0.4, 0.5) is 0 Å². The number of thiazole rings is 1. The second-order valence-corrected chi connectivity index (χ2v) is 6.81. The molecule has 3 rings (SSSR count). The van der Waals surface area contributed by atoms with Gasteiger partial charge in [-0.1, -0.05) is 19.3 Å². The van der Waals surface area contributed by atoms with Crippen LogP contribution in [0, 0.1) is 0 Å². The minimum absolute atomic E-state index is 0.233. The number of aromatic nitrogens is 3. The summed E-state index contributed by atoms with van der Waals surface area (Å²) < 4.78 is 1.15. The van der Waals surface area contributed by atoms with Crippen molar-refractivity contribution in [3.05, 3.63) is 44.3 Å². The average molecular weight is 332 g/mol. The minimum Gasteiger partial charge on any atom is -0.344 e. The third kappa shape index (κ3) is 3.85. The summed E-state index contributed by atoms with van der Waals surface area (Å²) in [6.07, 6.45) is 6.34. The average Bonchev–Trinajstić information content (AvgIpc) is 3.05. The zero-order valence-electron chi connectivity index (χ0n) is 13.1. The topological polar surface area (TPSA) is 76.9 Å². The fourth-order valence-electron chi connectivity index (χ4n) is 2.86. The highest BCUT2D eigenvalue weighted by Crippen LogP contribution is 2.32. The van der Waals surface area contributed by atoms with Crippen LogP contribution in [-0.4, -0.2) is 20.7 Å². The van der Waals surface area contributed by atoms with Crippen molar-refractivity contribution in [2.75, 3.05) is 0 Å². The zero-order chi connectivity index (χ0) is 16.2. The highest BCUT2D eigenvalue weighted by molar-refractivity contribution is 7.09. The van der Waals surface area contributed by atoms with Gasteiger partial charge in [-0.3, -0.25) is 9.59 Å². The summed E-state index contributed by atoms with van der Waals surface area (Å²) in [6.45, 7) is 0.390. The van der Waals surface area contributed by atoms with Crippen LogP contribution in [0.5, 0.6) is 0 Å². The van der Waals surface area contributed by atoms with Crippen molar-refractivity contribution in [3.63, 3.8) is 0 Å². The molecule has 0 aliphatic heterocycles. The Kier molecular flexibility index (Phi) is 4.85. The van der Waals surface area contributed by atoms with E-state index in [0.717, 1.165) is 9.69 Å². The van der Waals surface area contributed by atoms with Gasteiger partial charge in [0.2, 0.25) is 0 Å². The van der Waals surface area contributed by atoms with Gasteiger partial charge in [-0.05, 0) is 18.9 Å². The Morgan fingerprint density at radius 1 is 1.35 bits per heavy atom. The van der Waals surface area contributed by atoms with Gasteiger partial charge in [0.05, 0.1) is 12.2 Å². The van der Waals surface area contributed by atoms with Crippen LogP contribution in [0.25, 0.3) is 0 Å². The molecule has 1 amide bonds. The normalized spacial score (nSPS) is 15.5. The maximum Gasteiger partial charge on any atom is 0.272 e. The second-order valence-electron chi connectivity index (χ2n) is 5.86. The Morgan fingerprint density at radius 3 is 2.87 bits per heavy atom. The van der Waals surface area contributed by atoms with Crippen molar-refractivity contribution in [3.8, 4) is 0 Å². The van der Waals surface area contributed by atoms with Crippen molar-refractivity contribution >= 4 is 17.2 Å². The van der Waals surface area contributed by atoms with Gasteiger partial charge < -0.3 is 5.32 Å². The third-order valence-electron chi connectivity index (χ3n) is 4.19. The van der Waals surface area contributed by atoms with E-state index < -0.39 is 0 Å².